The number of benzene rings is 10. The molecule has 66 heavy (non-hydrogen) atoms. The van der Waals surface area contributed by atoms with Crippen molar-refractivity contribution < 1.29 is 0 Å². The van der Waals surface area contributed by atoms with E-state index in [9.17, 15) is 0 Å². The van der Waals surface area contributed by atoms with Crippen molar-refractivity contribution in [2.75, 3.05) is 0 Å². The molecule has 0 atom stereocenters. The molecule has 1 aliphatic carbocycles. The third-order valence-corrected chi connectivity index (χ3v) is 13.3. The number of pyridine rings is 1. The number of aromatic nitrogens is 1. The molecule has 11 aromatic rings. The first-order valence-electron chi connectivity index (χ1n) is 23.0. The Bertz CT molecular complexity index is 3600. The second kappa shape index (κ2) is 17.0. The van der Waals surface area contributed by atoms with E-state index < -0.39 is 0 Å². The van der Waals surface area contributed by atoms with E-state index in [1.54, 1.807) is 0 Å². The van der Waals surface area contributed by atoms with Gasteiger partial charge in [0.15, 0.2) is 0 Å². The highest BCUT2D eigenvalue weighted by molar-refractivity contribution is 6.21. The summed E-state index contributed by atoms with van der Waals surface area (Å²) >= 11 is 0. The van der Waals surface area contributed by atoms with Crippen molar-refractivity contribution in [2.24, 2.45) is 0 Å². The van der Waals surface area contributed by atoms with Crippen molar-refractivity contribution >= 4 is 38.0 Å². The van der Waals surface area contributed by atoms with Crippen LogP contribution < -0.4 is 0 Å². The zero-order valence-electron chi connectivity index (χ0n) is 36.5. The minimum atomic E-state index is 1.01. The van der Waals surface area contributed by atoms with Crippen molar-refractivity contribution in [3.05, 3.63) is 254 Å². The van der Waals surface area contributed by atoms with Crippen LogP contribution in [0.5, 0.6) is 0 Å². The Morgan fingerprint density at radius 1 is 0.303 bits per heavy atom. The van der Waals surface area contributed by atoms with Gasteiger partial charge in [-0.3, -0.25) is 4.98 Å². The first-order chi connectivity index (χ1) is 32.8. The molecule has 1 heteroatoms. The van der Waals surface area contributed by atoms with Crippen molar-refractivity contribution in [1.82, 2.24) is 4.98 Å². The van der Waals surface area contributed by atoms with Gasteiger partial charge in [0.05, 0.1) is 5.52 Å². The second-order valence-corrected chi connectivity index (χ2v) is 17.2. The summed E-state index contributed by atoms with van der Waals surface area (Å²) in [5.41, 5.74) is 20.5. The largest absolute Gasteiger partial charge is 0.256 e. The van der Waals surface area contributed by atoms with Crippen LogP contribution in [0.25, 0.3) is 116 Å². The number of nitrogens with zero attached hydrogens (tertiary/aromatic N) is 1. The Kier molecular flexibility index (Phi) is 10.1. The normalized spacial score (nSPS) is 12.5. The van der Waals surface area contributed by atoms with Crippen LogP contribution in [0.15, 0.2) is 249 Å². The second-order valence-electron chi connectivity index (χ2n) is 17.2. The Morgan fingerprint density at radius 2 is 0.818 bits per heavy atom. The maximum absolute atomic E-state index is 4.62. The van der Waals surface area contributed by atoms with E-state index in [1.165, 1.54) is 105 Å². The molecule has 0 spiro atoms. The molecule has 0 aliphatic heterocycles. The molecule has 310 valence electrons. The van der Waals surface area contributed by atoms with Crippen LogP contribution >= 0.6 is 0 Å². The first-order valence-corrected chi connectivity index (χ1v) is 23.0. The van der Waals surface area contributed by atoms with Crippen LogP contribution in [0, 0.1) is 0 Å². The molecule has 0 amide bonds. The summed E-state index contributed by atoms with van der Waals surface area (Å²) < 4.78 is 0. The Balaban J connectivity index is 1.08. The molecular weight excluding hydrogens is 795 g/mol. The van der Waals surface area contributed by atoms with Crippen LogP contribution in [0.2, 0.25) is 0 Å². The van der Waals surface area contributed by atoms with Crippen molar-refractivity contribution in [3.63, 3.8) is 0 Å². The van der Waals surface area contributed by atoms with E-state index >= 15 is 0 Å². The summed E-state index contributed by atoms with van der Waals surface area (Å²) in [6.45, 7) is 0. The third kappa shape index (κ3) is 7.03. The first kappa shape index (κ1) is 39.2. The summed E-state index contributed by atoms with van der Waals surface area (Å²) in [5.74, 6) is 0. The van der Waals surface area contributed by atoms with E-state index in [0.29, 0.717) is 0 Å². The highest BCUT2D eigenvalue weighted by atomic mass is 14.6. The van der Waals surface area contributed by atoms with E-state index in [0.717, 1.165) is 29.3 Å². The van der Waals surface area contributed by atoms with Gasteiger partial charge in [0.25, 0.3) is 0 Å². The van der Waals surface area contributed by atoms with Crippen molar-refractivity contribution in [3.8, 4) is 77.9 Å². The van der Waals surface area contributed by atoms with Gasteiger partial charge in [0, 0.05) is 11.6 Å². The van der Waals surface area contributed by atoms with E-state index in [-0.39, 0.29) is 0 Å². The summed E-state index contributed by atoms with van der Waals surface area (Å²) in [6, 6.07) is 82.4. The topological polar surface area (TPSA) is 12.9 Å². The van der Waals surface area contributed by atoms with Crippen molar-refractivity contribution in [2.45, 2.75) is 12.8 Å². The van der Waals surface area contributed by atoms with Gasteiger partial charge in [-0.25, -0.2) is 0 Å². The van der Waals surface area contributed by atoms with Crippen LogP contribution in [-0.4, -0.2) is 4.98 Å². The average Bonchev–Trinajstić information content (AvgIpc) is 3.40. The standard InChI is InChI=1S/C65H45N/c1-5-19-45(20-6-1)58-43-59(64(48-23-9-3-10-24-48)65(49-25-11-4-12-26-49)63(58)47-21-7-2-8-22-47)52-27-17-28-53(41-52)62-56-32-15-13-30-54(56)61(55-31-14-16-33-57(55)62)50-37-34-44(35-38-50)51-39-36-46-29-18-40-66-60(46)42-51/h1,3-7,9-43H,2,8H2. The van der Waals surface area contributed by atoms with E-state index in [1.807, 2.05) is 12.3 Å². The minimum absolute atomic E-state index is 1.01. The average molecular weight is 840 g/mol. The minimum Gasteiger partial charge on any atom is -0.256 e. The lowest BCUT2D eigenvalue weighted by Gasteiger charge is -2.26. The predicted molar refractivity (Wildman–Crippen MR) is 281 cm³/mol. The molecule has 0 saturated heterocycles. The van der Waals surface area contributed by atoms with Crippen LogP contribution in [0.1, 0.15) is 18.4 Å². The maximum atomic E-state index is 4.62. The fraction of sp³-hybridized carbons (Fsp3) is 0.0308. The molecule has 0 fully saturated rings. The molecule has 1 heterocycles. The molecule has 0 saturated carbocycles. The van der Waals surface area contributed by atoms with Crippen LogP contribution in [0.4, 0.5) is 0 Å². The van der Waals surface area contributed by atoms with Gasteiger partial charge in [-0.1, -0.05) is 218 Å². The lowest BCUT2D eigenvalue weighted by atomic mass is 9.77. The van der Waals surface area contributed by atoms with Gasteiger partial charge in [0.2, 0.25) is 0 Å². The molecule has 12 rings (SSSR count). The lowest BCUT2D eigenvalue weighted by molar-refractivity contribution is 1.04. The Labute approximate surface area is 386 Å². The monoisotopic (exact) mass is 839 g/mol. The molecule has 10 aromatic carbocycles. The summed E-state index contributed by atoms with van der Waals surface area (Å²) in [7, 11) is 0. The number of hydrogen-bond donors (Lipinski definition) is 0. The van der Waals surface area contributed by atoms with E-state index in [4.69, 9.17) is 0 Å². The molecule has 0 bridgehead atoms. The maximum Gasteiger partial charge on any atom is 0.0708 e. The van der Waals surface area contributed by atoms with Crippen molar-refractivity contribution in [1.29, 1.82) is 0 Å². The van der Waals surface area contributed by atoms with Gasteiger partial charge in [-0.2, -0.15) is 0 Å². The van der Waals surface area contributed by atoms with E-state index in [2.05, 4.69) is 242 Å². The van der Waals surface area contributed by atoms with Gasteiger partial charge < -0.3 is 0 Å². The number of hydrogen-bond acceptors (Lipinski definition) is 1. The Morgan fingerprint density at radius 3 is 1.45 bits per heavy atom. The lowest BCUT2D eigenvalue weighted by Crippen LogP contribution is -2.01. The Hall–Kier alpha value is -8.39. The molecule has 0 radical (unpaired) electrons. The molecular formula is C65H45N. The van der Waals surface area contributed by atoms with Crippen LogP contribution in [0.3, 0.4) is 0 Å². The zero-order chi connectivity index (χ0) is 43.8. The quantitative estimate of drug-likeness (QED) is 0.139. The summed E-state index contributed by atoms with van der Waals surface area (Å²) in [4.78, 5) is 4.62. The highest BCUT2D eigenvalue weighted by Gasteiger charge is 2.25. The summed E-state index contributed by atoms with van der Waals surface area (Å²) in [5, 5.41) is 6.09. The summed E-state index contributed by atoms with van der Waals surface area (Å²) in [6.07, 6.45) is 11.0. The highest BCUT2D eigenvalue weighted by Crippen LogP contribution is 2.51. The van der Waals surface area contributed by atoms with Gasteiger partial charge in [-0.15, -0.1) is 0 Å². The van der Waals surface area contributed by atoms with Gasteiger partial charge in [0.1, 0.15) is 0 Å². The number of rotatable bonds is 8. The zero-order valence-corrected chi connectivity index (χ0v) is 36.5. The molecule has 1 aliphatic rings. The molecule has 1 nitrogen and oxygen atoms in total. The smallest absolute Gasteiger partial charge is 0.0708 e. The molecule has 0 N–H and O–H groups in total. The third-order valence-electron chi connectivity index (χ3n) is 13.3. The van der Waals surface area contributed by atoms with Gasteiger partial charge >= 0.3 is 0 Å². The molecule has 1 aromatic heterocycles. The number of fused-ring (bicyclic) bond motifs is 3. The molecule has 0 unspecified atom stereocenters. The number of allylic oxidation sites excluding steroid dienone is 4. The predicted octanol–water partition coefficient (Wildman–Crippen LogP) is 17.9. The SMILES string of the molecule is C1=CC(c2c(-c3ccccc3)cc(-c3cccc(-c4c5ccccc5c(-c5ccc(-c6ccc7cccnc7c6)cc5)c5ccccc45)c3)c(-c3ccccc3)c2-c2ccccc2)=CCC1. The van der Waals surface area contributed by atoms with Crippen LogP contribution in [-0.2, 0) is 0 Å². The fourth-order valence-electron chi connectivity index (χ4n) is 10.3. The fourth-order valence-corrected chi connectivity index (χ4v) is 10.3. The van der Waals surface area contributed by atoms with Gasteiger partial charge in [-0.05, 0) is 148 Å².